The SMILES string of the molecule is c1ccc(-c2cc(-n3c4ccccc4c4ccc(-c5c6ccccc6cc6sc7ccccc7c56)cc43)cc3c2sc2ccccc23)cc1. The predicted molar refractivity (Wildman–Crippen MR) is 215 cm³/mol. The van der Waals surface area contributed by atoms with Crippen LogP contribution in [0.2, 0.25) is 0 Å². The number of hydrogen-bond acceptors (Lipinski definition) is 2. The number of hydrogen-bond donors (Lipinski definition) is 0. The third-order valence-corrected chi connectivity index (χ3v) is 12.5. The Morgan fingerprint density at radius 3 is 1.92 bits per heavy atom. The summed E-state index contributed by atoms with van der Waals surface area (Å²) in [6.45, 7) is 0. The molecular weight excluding hydrogens is 631 g/mol. The maximum Gasteiger partial charge on any atom is 0.0547 e. The van der Waals surface area contributed by atoms with Gasteiger partial charge in [0.1, 0.15) is 0 Å². The molecule has 0 spiro atoms. The van der Waals surface area contributed by atoms with Crippen LogP contribution in [0.3, 0.4) is 0 Å². The van der Waals surface area contributed by atoms with Gasteiger partial charge in [-0.2, -0.15) is 0 Å². The van der Waals surface area contributed by atoms with Crippen LogP contribution < -0.4 is 0 Å². The third-order valence-electron chi connectivity index (χ3n) is 10.2. The highest BCUT2D eigenvalue weighted by atomic mass is 32.1. The first-order valence-electron chi connectivity index (χ1n) is 16.7. The second-order valence-corrected chi connectivity index (χ2v) is 15.0. The minimum absolute atomic E-state index is 1.18. The predicted octanol–water partition coefficient (Wildman–Crippen LogP) is 14.0. The van der Waals surface area contributed by atoms with Gasteiger partial charge in [0, 0.05) is 62.4 Å². The molecule has 0 amide bonds. The van der Waals surface area contributed by atoms with E-state index in [2.05, 4.69) is 168 Å². The number of para-hydroxylation sites is 1. The smallest absolute Gasteiger partial charge is 0.0547 e. The van der Waals surface area contributed by atoms with Crippen molar-refractivity contribution in [2.75, 3.05) is 0 Å². The Hall–Kier alpha value is -5.74. The average Bonchev–Trinajstić information content (AvgIpc) is 3.83. The molecule has 0 fully saturated rings. The first kappa shape index (κ1) is 27.2. The van der Waals surface area contributed by atoms with Crippen LogP contribution in [-0.4, -0.2) is 4.57 Å². The molecule has 3 heterocycles. The standard InChI is InChI=1S/C46H27NS2/c1-2-12-28(13-3-1)37-26-31(27-38-35-17-7-10-20-41(35)49-46(37)38)47-39-19-9-6-16-33(39)34-23-22-30(24-40(34)47)44-32-15-5-4-14-29(32)25-43-45(44)36-18-8-11-21-42(36)48-43/h1-27H. The normalized spacial score (nSPS) is 12.1. The molecule has 0 atom stereocenters. The summed E-state index contributed by atoms with van der Waals surface area (Å²) in [7, 11) is 0. The van der Waals surface area contributed by atoms with Crippen molar-refractivity contribution in [3.63, 3.8) is 0 Å². The molecule has 1 nitrogen and oxygen atoms in total. The second kappa shape index (κ2) is 10.4. The first-order valence-corrected chi connectivity index (χ1v) is 18.3. The summed E-state index contributed by atoms with van der Waals surface area (Å²) in [5, 5.41) is 10.4. The van der Waals surface area contributed by atoms with E-state index in [0.29, 0.717) is 0 Å². The van der Waals surface area contributed by atoms with Crippen LogP contribution in [0.4, 0.5) is 0 Å². The fourth-order valence-corrected chi connectivity index (χ4v) is 10.4. The van der Waals surface area contributed by atoms with Gasteiger partial charge in [0.2, 0.25) is 0 Å². The molecule has 0 unspecified atom stereocenters. The Labute approximate surface area is 290 Å². The van der Waals surface area contributed by atoms with Crippen molar-refractivity contribution in [3.05, 3.63) is 164 Å². The molecular formula is C46H27NS2. The molecule has 0 saturated heterocycles. The molecule has 49 heavy (non-hydrogen) atoms. The number of thiophene rings is 2. The zero-order valence-corrected chi connectivity index (χ0v) is 28.0. The molecule has 0 radical (unpaired) electrons. The Morgan fingerprint density at radius 1 is 0.388 bits per heavy atom. The lowest BCUT2D eigenvalue weighted by Crippen LogP contribution is -1.95. The maximum absolute atomic E-state index is 2.50. The van der Waals surface area contributed by atoms with Gasteiger partial charge in [0.05, 0.1) is 11.0 Å². The van der Waals surface area contributed by atoms with Gasteiger partial charge in [-0.05, 0) is 69.9 Å². The summed E-state index contributed by atoms with van der Waals surface area (Å²) in [6, 6.07) is 60.7. The van der Waals surface area contributed by atoms with Crippen molar-refractivity contribution in [2.24, 2.45) is 0 Å². The zero-order chi connectivity index (χ0) is 32.1. The van der Waals surface area contributed by atoms with Crippen LogP contribution in [0.15, 0.2) is 164 Å². The van der Waals surface area contributed by atoms with Crippen molar-refractivity contribution in [1.82, 2.24) is 4.57 Å². The van der Waals surface area contributed by atoms with Crippen LogP contribution in [0.25, 0.3) is 101 Å². The van der Waals surface area contributed by atoms with Crippen molar-refractivity contribution in [1.29, 1.82) is 0 Å². The second-order valence-electron chi connectivity index (χ2n) is 12.9. The molecule has 228 valence electrons. The van der Waals surface area contributed by atoms with E-state index in [1.165, 1.54) is 101 Å². The zero-order valence-electron chi connectivity index (χ0n) is 26.4. The van der Waals surface area contributed by atoms with Gasteiger partial charge in [0.15, 0.2) is 0 Å². The van der Waals surface area contributed by atoms with Gasteiger partial charge in [-0.3, -0.25) is 0 Å². The van der Waals surface area contributed by atoms with E-state index in [-0.39, 0.29) is 0 Å². The van der Waals surface area contributed by atoms with Gasteiger partial charge in [0.25, 0.3) is 0 Å². The minimum Gasteiger partial charge on any atom is -0.309 e. The first-order chi connectivity index (χ1) is 24.3. The third kappa shape index (κ3) is 3.98. The Kier molecular flexibility index (Phi) is 5.77. The number of rotatable bonds is 3. The molecule has 11 rings (SSSR count). The van der Waals surface area contributed by atoms with Gasteiger partial charge < -0.3 is 4.57 Å². The van der Waals surface area contributed by atoms with E-state index >= 15 is 0 Å². The summed E-state index contributed by atoms with van der Waals surface area (Å²) in [5.41, 5.74) is 8.69. The molecule has 0 bridgehead atoms. The molecule has 0 aliphatic rings. The number of aromatic nitrogens is 1. The average molecular weight is 658 g/mol. The molecule has 0 N–H and O–H groups in total. The summed E-state index contributed by atoms with van der Waals surface area (Å²) < 4.78 is 7.81. The van der Waals surface area contributed by atoms with Gasteiger partial charge in [-0.1, -0.05) is 121 Å². The molecule has 3 aromatic heterocycles. The Bertz CT molecular complexity index is 3100. The van der Waals surface area contributed by atoms with E-state index in [1.807, 2.05) is 22.7 Å². The van der Waals surface area contributed by atoms with E-state index in [4.69, 9.17) is 0 Å². The summed E-state index contributed by atoms with van der Waals surface area (Å²) in [6.07, 6.45) is 0. The fraction of sp³-hybridized carbons (Fsp3) is 0. The van der Waals surface area contributed by atoms with E-state index in [1.54, 1.807) is 0 Å². The van der Waals surface area contributed by atoms with E-state index in [0.717, 1.165) is 0 Å². The number of fused-ring (bicyclic) bond motifs is 10. The van der Waals surface area contributed by atoms with Gasteiger partial charge in [-0.25, -0.2) is 0 Å². The fourth-order valence-electron chi connectivity index (χ4n) is 8.03. The molecule has 0 aliphatic heterocycles. The van der Waals surface area contributed by atoms with Gasteiger partial charge in [-0.15, -0.1) is 22.7 Å². The van der Waals surface area contributed by atoms with Crippen LogP contribution in [0.1, 0.15) is 0 Å². The lowest BCUT2D eigenvalue weighted by Gasteiger charge is -2.14. The maximum atomic E-state index is 2.50. The van der Waals surface area contributed by atoms with Crippen LogP contribution in [-0.2, 0) is 0 Å². The lowest BCUT2D eigenvalue weighted by atomic mass is 9.93. The molecule has 8 aromatic carbocycles. The number of benzene rings is 8. The van der Waals surface area contributed by atoms with Crippen molar-refractivity contribution < 1.29 is 0 Å². The highest BCUT2D eigenvalue weighted by molar-refractivity contribution is 7.26. The summed E-state index contributed by atoms with van der Waals surface area (Å²) in [4.78, 5) is 0. The van der Waals surface area contributed by atoms with Crippen LogP contribution in [0.5, 0.6) is 0 Å². The largest absolute Gasteiger partial charge is 0.309 e. The van der Waals surface area contributed by atoms with Crippen molar-refractivity contribution in [2.45, 2.75) is 0 Å². The molecule has 3 heteroatoms. The van der Waals surface area contributed by atoms with E-state index in [9.17, 15) is 0 Å². The minimum atomic E-state index is 1.18. The molecule has 0 saturated carbocycles. The van der Waals surface area contributed by atoms with Gasteiger partial charge >= 0.3 is 0 Å². The highest BCUT2D eigenvalue weighted by Gasteiger charge is 2.20. The van der Waals surface area contributed by atoms with Crippen LogP contribution in [0, 0.1) is 0 Å². The van der Waals surface area contributed by atoms with Crippen molar-refractivity contribution in [3.8, 4) is 27.9 Å². The quantitative estimate of drug-likeness (QED) is 0.178. The molecule has 11 aromatic rings. The Morgan fingerprint density at radius 2 is 1.06 bits per heavy atom. The monoisotopic (exact) mass is 657 g/mol. The Balaban J connectivity index is 1.27. The topological polar surface area (TPSA) is 4.93 Å². The van der Waals surface area contributed by atoms with Crippen molar-refractivity contribution >= 4 is 95.6 Å². The number of nitrogens with zero attached hydrogens (tertiary/aromatic N) is 1. The van der Waals surface area contributed by atoms with E-state index < -0.39 is 0 Å². The highest BCUT2D eigenvalue weighted by Crippen LogP contribution is 2.47. The summed E-state index contributed by atoms with van der Waals surface area (Å²) >= 11 is 3.78. The summed E-state index contributed by atoms with van der Waals surface area (Å²) in [5.74, 6) is 0. The molecule has 0 aliphatic carbocycles. The lowest BCUT2D eigenvalue weighted by molar-refractivity contribution is 1.19. The van der Waals surface area contributed by atoms with Crippen LogP contribution >= 0.6 is 22.7 Å².